The van der Waals surface area contributed by atoms with Crippen LogP contribution < -0.4 is 11.1 Å². The largest absolute Gasteiger partial charge is 0.330 e. The molecule has 1 rings (SSSR count). The predicted octanol–water partition coefficient (Wildman–Crippen LogP) is 4.59. The van der Waals surface area contributed by atoms with Crippen LogP contribution in [0.15, 0.2) is 22.7 Å². The van der Waals surface area contributed by atoms with Gasteiger partial charge in [-0.2, -0.15) is 0 Å². The Morgan fingerprint density at radius 3 is 2.75 bits per heavy atom. The summed E-state index contributed by atoms with van der Waals surface area (Å²) in [6.07, 6.45) is 4.67. The van der Waals surface area contributed by atoms with E-state index >= 15 is 0 Å². The van der Waals surface area contributed by atoms with Gasteiger partial charge in [-0.25, -0.2) is 0 Å². The molecular formula is C15H22BrClN2O. The first-order valence-corrected chi connectivity index (χ1v) is 8.18. The second-order valence-electron chi connectivity index (χ2n) is 4.95. The zero-order chi connectivity index (χ0) is 15.0. The molecule has 0 radical (unpaired) electrons. The van der Waals surface area contributed by atoms with E-state index in [1.165, 1.54) is 0 Å². The molecule has 1 amide bonds. The third-order valence-corrected chi connectivity index (χ3v) is 4.49. The smallest absolute Gasteiger partial charge is 0.224 e. The topological polar surface area (TPSA) is 55.1 Å². The number of hydrogen-bond acceptors (Lipinski definition) is 2. The summed E-state index contributed by atoms with van der Waals surface area (Å²) in [4.78, 5) is 11.9. The maximum Gasteiger partial charge on any atom is 0.224 e. The molecule has 0 heterocycles. The van der Waals surface area contributed by atoms with Crippen molar-refractivity contribution in [3.05, 3.63) is 27.7 Å². The Kier molecular flexibility index (Phi) is 8.19. The van der Waals surface area contributed by atoms with E-state index in [1.807, 2.05) is 12.1 Å². The minimum Gasteiger partial charge on any atom is -0.330 e. The summed E-state index contributed by atoms with van der Waals surface area (Å²) in [6.45, 7) is 2.85. The fourth-order valence-corrected chi connectivity index (χ4v) is 2.64. The number of nitrogens with two attached hydrogens (primary N) is 1. The highest BCUT2D eigenvalue weighted by Crippen LogP contribution is 2.25. The predicted molar refractivity (Wildman–Crippen MR) is 89.1 cm³/mol. The Bertz CT molecular complexity index is 434. The molecule has 0 aromatic heterocycles. The van der Waals surface area contributed by atoms with Crippen molar-refractivity contribution in [2.45, 2.75) is 39.0 Å². The molecule has 0 aliphatic rings. The van der Waals surface area contributed by atoms with E-state index in [9.17, 15) is 4.79 Å². The number of hydrogen-bond donors (Lipinski definition) is 2. The summed E-state index contributed by atoms with van der Waals surface area (Å²) in [5.41, 5.74) is 6.33. The summed E-state index contributed by atoms with van der Waals surface area (Å²) >= 11 is 9.32. The number of carbonyl (C=O) groups is 1. The van der Waals surface area contributed by atoms with E-state index in [1.54, 1.807) is 6.07 Å². The van der Waals surface area contributed by atoms with Crippen molar-refractivity contribution in [3.63, 3.8) is 0 Å². The Balaban J connectivity index is 2.44. The van der Waals surface area contributed by atoms with Crippen LogP contribution in [-0.4, -0.2) is 12.5 Å². The second-order valence-corrected chi connectivity index (χ2v) is 6.21. The van der Waals surface area contributed by atoms with Gasteiger partial charge in [0, 0.05) is 16.6 Å². The normalized spacial score (nSPS) is 12.2. The van der Waals surface area contributed by atoms with Crippen molar-refractivity contribution in [2.75, 3.05) is 11.9 Å². The van der Waals surface area contributed by atoms with Gasteiger partial charge in [0.15, 0.2) is 0 Å². The number of anilines is 1. The fraction of sp³-hybridized carbons (Fsp3) is 0.533. The van der Waals surface area contributed by atoms with Crippen molar-refractivity contribution in [3.8, 4) is 0 Å². The lowest BCUT2D eigenvalue weighted by molar-refractivity contribution is -0.116. The van der Waals surface area contributed by atoms with Crippen LogP contribution in [0.25, 0.3) is 0 Å². The van der Waals surface area contributed by atoms with Crippen LogP contribution in [0.3, 0.4) is 0 Å². The minimum atomic E-state index is 0.0292. The lowest BCUT2D eigenvalue weighted by atomic mass is 9.94. The van der Waals surface area contributed by atoms with Gasteiger partial charge in [-0.3, -0.25) is 4.79 Å². The van der Waals surface area contributed by atoms with Crippen molar-refractivity contribution in [1.82, 2.24) is 0 Å². The summed E-state index contributed by atoms with van der Waals surface area (Å²) < 4.78 is 0.822. The molecule has 0 saturated heterocycles. The van der Waals surface area contributed by atoms with Crippen molar-refractivity contribution < 1.29 is 4.79 Å². The van der Waals surface area contributed by atoms with Crippen LogP contribution in [0.1, 0.15) is 39.0 Å². The molecule has 0 spiro atoms. The van der Waals surface area contributed by atoms with E-state index in [0.29, 0.717) is 23.9 Å². The van der Waals surface area contributed by atoms with E-state index in [-0.39, 0.29) is 5.91 Å². The van der Waals surface area contributed by atoms with E-state index in [2.05, 4.69) is 28.2 Å². The molecule has 1 unspecified atom stereocenters. The molecular weight excluding hydrogens is 340 g/mol. The Hall–Kier alpha value is -0.580. The number of benzene rings is 1. The number of rotatable bonds is 8. The molecule has 112 valence electrons. The van der Waals surface area contributed by atoms with Crippen LogP contribution in [0.5, 0.6) is 0 Å². The number of halogens is 2. The quantitative estimate of drug-likeness (QED) is 0.711. The number of nitrogens with one attached hydrogen (secondary N) is 1. The third kappa shape index (κ3) is 6.25. The molecule has 0 aliphatic heterocycles. The molecule has 3 N–H and O–H groups in total. The van der Waals surface area contributed by atoms with Crippen molar-refractivity contribution in [1.29, 1.82) is 0 Å². The molecule has 0 fully saturated rings. The standard InChI is InChI=1S/C15H22BrClN2O/c1-2-3-11(8-9-18)4-7-15(20)19-12-5-6-13(16)14(17)10-12/h5-6,10-11H,2-4,7-9,18H2,1H3,(H,19,20). The first-order valence-electron chi connectivity index (χ1n) is 7.01. The van der Waals surface area contributed by atoms with Crippen LogP contribution >= 0.6 is 27.5 Å². The summed E-state index contributed by atoms with van der Waals surface area (Å²) in [6, 6.07) is 5.40. The van der Waals surface area contributed by atoms with Gasteiger partial charge < -0.3 is 11.1 Å². The Labute approximate surface area is 134 Å². The minimum absolute atomic E-state index is 0.0292. The molecule has 1 atom stereocenters. The molecule has 1 aromatic carbocycles. The molecule has 20 heavy (non-hydrogen) atoms. The summed E-state index contributed by atoms with van der Waals surface area (Å²) in [7, 11) is 0. The van der Waals surface area contributed by atoms with E-state index < -0.39 is 0 Å². The Morgan fingerprint density at radius 2 is 2.15 bits per heavy atom. The first kappa shape index (κ1) is 17.5. The lowest BCUT2D eigenvalue weighted by Crippen LogP contribution is -2.15. The van der Waals surface area contributed by atoms with E-state index in [4.69, 9.17) is 17.3 Å². The molecule has 3 nitrogen and oxygen atoms in total. The zero-order valence-electron chi connectivity index (χ0n) is 11.8. The van der Waals surface area contributed by atoms with Crippen molar-refractivity contribution >= 4 is 39.1 Å². The molecule has 0 aliphatic carbocycles. The van der Waals surface area contributed by atoms with Gasteiger partial charge in [0.25, 0.3) is 0 Å². The second kappa shape index (κ2) is 9.37. The van der Waals surface area contributed by atoms with Gasteiger partial charge in [0.1, 0.15) is 0 Å². The summed E-state index contributed by atoms with van der Waals surface area (Å²) in [5.74, 6) is 0.575. The average molecular weight is 362 g/mol. The first-order chi connectivity index (χ1) is 9.56. The van der Waals surface area contributed by atoms with Gasteiger partial charge in [-0.1, -0.05) is 31.4 Å². The monoisotopic (exact) mass is 360 g/mol. The highest BCUT2D eigenvalue weighted by molar-refractivity contribution is 9.10. The average Bonchev–Trinajstić information content (AvgIpc) is 2.41. The van der Waals surface area contributed by atoms with Gasteiger partial charge in [-0.05, 0) is 59.4 Å². The lowest BCUT2D eigenvalue weighted by Gasteiger charge is -2.14. The van der Waals surface area contributed by atoms with Crippen LogP contribution in [0.2, 0.25) is 5.02 Å². The molecule has 0 saturated carbocycles. The number of carbonyl (C=O) groups excluding carboxylic acids is 1. The maximum atomic E-state index is 11.9. The molecule has 1 aromatic rings. The van der Waals surface area contributed by atoms with Gasteiger partial charge in [0.05, 0.1) is 5.02 Å². The third-order valence-electron chi connectivity index (χ3n) is 3.25. The molecule has 5 heteroatoms. The van der Waals surface area contributed by atoms with Crippen molar-refractivity contribution in [2.24, 2.45) is 11.7 Å². The van der Waals surface area contributed by atoms with Gasteiger partial charge >= 0.3 is 0 Å². The molecule has 0 bridgehead atoms. The zero-order valence-corrected chi connectivity index (χ0v) is 14.1. The van der Waals surface area contributed by atoms with E-state index in [0.717, 1.165) is 35.8 Å². The number of amides is 1. The summed E-state index contributed by atoms with van der Waals surface area (Å²) in [5, 5.41) is 3.47. The van der Waals surface area contributed by atoms with Gasteiger partial charge in [-0.15, -0.1) is 0 Å². The van der Waals surface area contributed by atoms with Crippen LogP contribution in [0, 0.1) is 5.92 Å². The SMILES string of the molecule is CCCC(CCN)CCC(=O)Nc1ccc(Br)c(Cl)c1. The highest BCUT2D eigenvalue weighted by Gasteiger charge is 2.10. The fourth-order valence-electron chi connectivity index (χ4n) is 2.21. The maximum absolute atomic E-state index is 11.9. The van der Waals surface area contributed by atoms with Gasteiger partial charge in [0.2, 0.25) is 5.91 Å². The van der Waals surface area contributed by atoms with Crippen LogP contribution in [-0.2, 0) is 4.79 Å². The highest BCUT2D eigenvalue weighted by atomic mass is 79.9. The van der Waals surface area contributed by atoms with Crippen LogP contribution in [0.4, 0.5) is 5.69 Å². The Morgan fingerprint density at radius 1 is 1.40 bits per heavy atom.